The van der Waals surface area contributed by atoms with Gasteiger partial charge in [-0.25, -0.2) is 0 Å². The Morgan fingerprint density at radius 2 is 2.17 bits per heavy atom. The van der Waals surface area contributed by atoms with Gasteiger partial charge in [0.25, 0.3) is 0 Å². The predicted molar refractivity (Wildman–Crippen MR) is 65.9 cm³/mol. The first kappa shape index (κ1) is 12.1. The third kappa shape index (κ3) is 2.17. The molecule has 2 aliphatic rings. The van der Waals surface area contributed by atoms with Crippen LogP contribution in [-0.2, 0) is 16.8 Å². The van der Waals surface area contributed by atoms with E-state index in [1.54, 1.807) is 7.11 Å². The van der Waals surface area contributed by atoms with Gasteiger partial charge in [-0.3, -0.25) is 0 Å². The molecule has 1 unspecified atom stereocenters. The van der Waals surface area contributed by atoms with E-state index in [1.165, 1.54) is 25.7 Å². The molecule has 2 N–H and O–H groups in total. The number of nitrogens with zero attached hydrogens (tertiary/aromatic N) is 2. The molecule has 0 spiro atoms. The Labute approximate surface area is 107 Å². The van der Waals surface area contributed by atoms with Crippen molar-refractivity contribution in [3.8, 4) is 0 Å². The van der Waals surface area contributed by atoms with Crippen LogP contribution in [0.25, 0.3) is 0 Å². The summed E-state index contributed by atoms with van der Waals surface area (Å²) in [6.07, 6.45) is 7.47. The smallest absolute Gasteiger partial charge is 0.228 e. The molecule has 1 aromatic heterocycles. The summed E-state index contributed by atoms with van der Waals surface area (Å²) < 4.78 is 11.0. The van der Waals surface area contributed by atoms with Crippen molar-refractivity contribution in [2.45, 2.75) is 56.6 Å². The lowest BCUT2D eigenvalue weighted by molar-refractivity contribution is -0.0178. The Morgan fingerprint density at radius 3 is 2.78 bits per heavy atom. The van der Waals surface area contributed by atoms with Crippen molar-refractivity contribution in [3.05, 3.63) is 11.7 Å². The zero-order valence-electron chi connectivity index (χ0n) is 10.9. The molecule has 2 fully saturated rings. The van der Waals surface area contributed by atoms with Crippen LogP contribution in [0.15, 0.2) is 4.52 Å². The van der Waals surface area contributed by atoms with Crippen molar-refractivity contribution in [2.75, 3.05) is 7.11 Å². The van der Waals surface area contributed by atoms with Crippen LogP contribution in [0.4, 0.5) is 0 Å². The molecule has 2 saturated carbocycles. The largest absolute Gasteiger partial charge is 0.370 e. The van der Waals surface area contributed by atoms with E-state index < -0.39 is 0 Å². The zero-order chi connectivity index (χ0) is 12.6. The van der Waals surface area contributed by atoms with Crippen LogP contribution >= 0.6 is 0 Å². The molecule has 100 valence electrons. The van der Waals surface area contributed by atoms with E-state index >= 15 is 0 Å². The number of hydrogen-bond donors (Lipinski definition) is 1. The summed E-state index contributed by atoms with van der Waals surface area (Å²) in [6, 6.07) is 0.167. The highest BCUT2D eigenvalue weighted by Gasteiger charge is 2.40. The van der Waals surface area contributed by atoms with E-state index in [0.29, 0.717) is 24.1 Å². The molecule has 0 bridgehead atoms. The average molecular weight is 251 g/mol. The van der Waals surface area contributed by atoms with Crippen LogP contribution in [0.2, 0.25) is 0 Å². The van der Waals surface area contributed by atoms with Gasteiger partial charge in [-0.1, -0.05) is 5.16 Å². The fraction of sp³-hybridized carbons (Fsp3) is 0.846. The van der Waals surface area contributed by atoms with E-state index in [2.05, 4.69) is 10.1 Å². The fourth-order valence-electron chi connectivity index (χ4n) is 2.88. The van der Waals surface area contributed by atoms with Gasteiger partial charge in [-0.05, 0) is 44.4 Å². The van der Waals surface area contributed by atoms with Gasteiger partial charge >= 0.3 is 0 Å². The van der Waals surface area contributed by atoms with Gasteiger partial charge in [0.1, 0.15) is 5.60 Å². The van der Waals surface area contributed by atoms with Crippen LogP contribution in [0.5, 0.6) is 0 Å². The van der Waals surface area contributed by atoms with E-state index in [9.17, 15) is 0 Å². The van der Waals surface area contributed by atoms with Crippen molar-refractivity contribution in [3.63, 3.8) is 0 Å². The highest BCUT2D eigenvalue weighted by Crippen LogP contribution is 2.40. The minimum atomic E-state index is -0.314. The Morgan fingerprint density at radius 1 is 1.44 bits per heavy atom. The van der Waals surface area contributed by atoms with Crippen LogP contribution in [0.3, 0.4) is 0 Å². The lowest BCUT2D eigenvalue weighted by Gasteiger charge is -2.22. The fourth-order valence-corrected chi connectivity index (χ4v) is 2.88. The molecule has 3 rings (SSSR count). The SMILES string of the molecule is COC1(c2noc(CC(N)C3CC3)n2)CCCC1. The van der Waals surface area contributed by atoms with Crippen LogP contribution in [-0.4, -0.2) is 23.3 Å². The maximum atomic E-state index is 6.08. The molecule has 2 aliphatic carbocycles. The number of rotatable bonds is 5. The second-order valence-corrected chi connectivity index (χ2v) is 5.62. The van der Waals surface area contributed by atoms with Crippen molar-refractivity contribution < 1.29 is 9.26 Å². The molecule has 0 amide bonds. The molecule has 0 aliphatic heterocycles. The molecule has 5 nitrogen and oxygen atoms in total. The van der Waals surface area contributed by atoms with Gasteiger partial charge in [0.05, 0.1) is 0 Å². The number of nitrogens with two attached hydrogens (primary N) is 1. The Kier molecular flexibility index (Phi) is 3.11. The average Bonchev–Trinajstić information content (AvgIpc) is 2.94. The summed E-state index contributed by atoms with van der Waals surface area (Å²) >= 11 is 0. The topological polar surface area (TPSA) is 74.2 Å². The molecule has 0 aromatic carbocycles. The Bertz CT molecular complexity index is 408. The third-order valence-corrected chi connectivity index (χ3v) is 4.32. The zero-order valence-corrected chi connectivity index (χ0v) is 10.9. The van der Waals surface area contributed by atoms with Gasteiger partial charge in [0.2, 0.25) is 11.7 Å². The molecule has 1 aromatic rings. The van der Waals surface area contributed by atoms with Gasteiger partial charge in [-0.2, -0.15) is 4.98 Å². The van der Waals surface area contributed by atoms with E-state index in [4.69, 9.17) is 15.0 Å². The summed E-state index contributed by atoms with van der Waals surface area (Å²) in [5.41, 5.74) is 5.77. The minimum Gasteiger partial charge on any atom is -0.370 e. The molecular weight excluding hydrogens is 230 g/mol. The summed E-state index contributed by atoms with van der Waals surface area (Å²) in [5.74, 6) is 2.02. The molecule has 0 saturated heterocycles. The van der Waals surface area contributed by atoms with E-state index in [0.717, 1.165) is 12.8 Å². The number of ether oxygens (including phenoxy) is 1. The third-order valence-electron chi connectivity index (χ3n) is 4.32. The Hall–Kier alpha value is -0.940. The summed E-state index contributed by atoms with van der Waals surface area (Å²) in [4.78, 5) is 4.50. The van der Waals surface area contributed by atoms with Crippen LogP contribution < -0.4 is 5.73 Å². The van der Waals surface area contributed by atoms with Gasteiger partial charge < -0.3 is 15.0 Å². The predicted octanol–water partition coefficient (Wildman–Crippen LogP) is 1.77. The number of hydrogen-bond acceptors (Lipinski definition) is 5. The first-order chi connectivity index (χ1) is 8.73. The van der Waals surface area contributed by atoms with Crippen LogP contribution in [0.1, 0.15) is 50.2 Å². The first-order valence-electron chi connectivity index (χ1n) is 6.87. The summed E-state index contributed by atoms with van der Waals surface area (Å²) in [5, 5.41) is 4.11. The molecule has 0 radical (unpaired) electrons. The van der Waals surface area contributed by atoms with Crippen molar-refractivity contribution in [2.24, 2.45) is 11.7 Å². The van der Waals surface area contributed by atoms with Crippen molar-refractivity contribution in [1.82, 2.24) is 10.1 Å². The monoisotopic (exact) mass is 251 g/mol. The molecular formula is C13H21N3O2. The second-order valence-electron chi connectivity index (χ2n) is 5.62. The highest BCUT2D eigenvalue weighted by molar-refractivity contribution is 5.05. The van der Waals surface area contributed by atoms with E-state index in [-0.39, 0.29) is 11.6 Å². The maximum absolute atomic E-state index is 6.08. The van der Waals surface area contributed by atoms with Gasteiger partial charge in [0.15, 0.2) is 0 Å². The summed E-state index contributed by atoms with van der Waals surface area (Å²) in [6.45, 7) is 0. The van der Waals surface area contributed by atoms with Crippen LogP contribution in [0, 0.1) is 5.92 Å². The molecule has 18 heavy (non-hydrogen) atoms. The lowest BCUT2D eigenvalue weighted by atomic mass is 10.0. The quantitative estimate of drug-likeness (QED) is 0.863. The summed E-state index contributed by atoms with van der Waals surface area (Å²) in [7, 11) is 1.73. The number of methoxy groups -OCH3 is 1. The Balaban J connectivity index is 1.71. The number of aromatic nitrogens is 2. The maximum Gasteiger partial charge on any atom is 0.228 e. The minimum absolute atomic E-state index is 0.167. The van der Waals surface area contributed by atoms with Crippen molar-refractivity contribution >= 4 is 0 Å². The molecule has 1 atom stereocenters. The standard InChI is InChI=1S/C13H21N3O2/c1-17-13(6-2-3-7-13)12-15-11(18-16-12)8-10(14)9-4-5-9/h9-10H,2-8,14H2,1H3. The van der Waals surface area contributed by atoms with Gasteiger partial charge in [-0.15, -0.1) is 0 Å². The molecule has 1 heterocycles. The van der Waals surface area contributed by atoms with Gasteiger partial charge in [0, 0.05) is 19.6 Å². The molecule has 5 heteroatoms. The van der Waals surface area contributed by atoms with Crippen molar-refractivity contribution in [1.29, 1.82) is 0 Å². The highest BCUT2D eigenvalue weighted by atomic mass is 16.5. The first-order valence-corrected chi connectivity index (χ1v) is 6.87. The normalized spacial score (nSPS) is 24.3. The lowest BCUT2D eigenvalue weighted by Crippen LogP contribution is -2.27. The van der Waals surface area contributed by atoms with E-state index in [1.807, 2.05) is 0 Å². The second kappa shape index (κ2) is 4.63.